The zero-order valence-electron chi connectivity index (χ0n) is 14.0. The van der Waals surface area contributed by atoms with Crippen LogP contribution in [0.2, 0.25) is 0 Å². The van der Waals surface area contributed by atoms with Crippen LogP contribution in [0, 0.1) is 5.92 Å². The molecule has 0 saturated heterocycles. The molecule has 0 radical (unpaired) electrons. The molecule has 0 aliphatic heterocycles. The van der Waals surface area contributed by atoms with E-state index in [4.69, 9.17) is 4.74 Å². The molecule has 21 heavy (non-hydrogen) atoms. The SMILES string of the molecule is CC(C)(C)NCCc1ccccc1COCCC1CCC1. The summed E-state index contributed by atoms with van der Waals surface area (Å²) >= 11 is 0. The largest absolute Gasteiger partial charge is 0.377 e. The van der Waals surface area contributed by atoms with Crippen molar-refractivity contribution in [2.24, 2.45) is 5.92 Å². The van der Waals surface area contributed by atoms with Gasteiger partial charge in [-0.3, -0.25) is 0 Å². The van der Waals surface area contributed by atoms with E-state index in [0.717, 1.165) is 32.1 Å². The Balaban J connectivity index is 1.73. The van der Waals surface area contributed by atoms with E-state index >= 15 is 0 Å². The minimum absolute atomic E-state index is 0.189. The Hall–Kier alpha value is -0.860. The van der Waals surface area contributed by atoms with E-state index < -0.39 is 0 Å². The van der Waals surface area contributed by atoms with Crippen molar-refractivity contribution in [3.63, 3.8) is 0 Å². The van der Waals surface area contributed by atoms with Crippen molar-refractivity contribution >= 4 is 0 Å². The number of hydrogen-bond donors (Lipinski definition) is 1. The van der Waals surface area contributed by atoms with Crippen LogP contribution in [0.4, 0.5) is 0 Å². The summed E-state index contributed by atoms with van der Waals surface area (Å²) in [6.07, 6.45) is 6.57. The van der Waals surface area contributed by atoms with E-state index in [9.17, 15) is 0 Å². The van der Waals surface area contributed by atoms with Crippen molar-refractivity contribution in [3.8, 4) is 0 Å². The van der Waals surface area contributed by atoms with Crippen molar-refractivity contribution < 1.29 is 4.74 Å². The molecular weight excluding hydrogens is 258 g/mol. The first kappa shape index (κ1) is 16.5. The topological polar surface area (TPSA) is 21.3 Å². The van der Waals surface area contributed by atoms with Gasteiger partial charge in [0.15, 0.2) is 0 Å². The molecule has 2 rings (SSSR count). The minimum Gasteiger partial charge on any atom is -0.377 e. The van der Waals surface area contributed by atoms with E-state index in [1.165, 1.54) is 36.8 Å². The first-order valence-electron chi connectivity index (χ1n) is 8.44. The maximum Gasteiger partial charge on any atom is 0.0719 e. The molecule has 0 aromatic heterocycles. The summed E-state index contributed by atoms with van der Waals surface area (Å²) in [5.74, 6) is 0.941. The molecule has 1 aliphatic carbocycles. The predicted octanol–water partition coefficient (Wildman–Crippen LogP) is 4.32. The Morgan fingerprint density at radius 3 is 2.48 bits per heavy atom. The number of benzene rings is 1. The molecule has 1 N–H and O–H groups in total. The molecular formula is C19H31NO. The second kappa shape index (κ2) is 7.95. The van der Waals surface area contributed by atoms with Crippen LogP contribution in [-0.4, -0.2) is 18.7 Å². The number of nitrogens with one attached hydrogen (secondary N) is 1. The summed E-state index contributed by atoms with van der Waals surface area (Å²) < 4.78 is 5.89. The third-order valence-corrected chi connectivity index (χ3v) is 4.32. The molecule has 2 nitrogen and oxygen atoms in total. The van der Waals surface area contributed by atoms with Gasteiger partial charge in [-0.1, -0.05) is 43.5 Å². The van der Waals surface area contributed by atoms with Gasteiger partial charge in [0.2, 0.25) is 0 Å². The van der Waals surface area contributed by atoms with Crippen LogP contribution in [0.5, 0.6) is 0 Å². The lowest BCUT2D eigenvalue weighted by Crippen LogP contribution is -2.37. The van der Waals surface area contributed by atoms with Gasteiger partial charge in [-0.15, -0.1) is 0 Å². The molecule has 1 fully saturated rings. The molecule has 1 saturated carbocycles. The molecule has 0 atom stereocenters. The van der Waals surface area contributed by atoms with Crippen molar-refractivity contribution in [3.05, 3.63) is 35.4 Å². The number of rotatable bonds is 8. The molecule has 118 valence electrons. The maximum absolute atomic E-state index is 5.89. The zero-order chi connectivity index (χ0) is 15.1. The summed E-state index contributed by atoms with van der Waals surface area (Å²) in [7, 11) is 0. The highest BCUT2D eigenvalue weighted by Gasteiger charge is 2.16. The lowest BCUT2D eigenvalue weighted by Gasteiger charge is -2.25. The number of hydrogen-bond acceptors (Lipinski definition) is 2. The fraction of sp³-hybridized carbons (Fsp3) is 0.684. The Morgan fingerprint density at radius 1 is 1.14 bits per heavy atom. The lowest BCUT2D eigenvalue weighted by atomic mass is 9.83. The molecule has 0 spiro atoms. The summed E-state index contributed by atoms with van der Waals surface area (Å²) in [5.41, 5.74) is 2.95. The number of ether oxygens (including phenoxy) is 1. The van der Waals surface area contributed by atoms with Crippen LogP contribution in [0.1, 0.15) is 57.6 Å². The van der Waals surface area contributed by atoms with Gasteiger partial charge in [0.25, 0.3) is 0 Å². The Kier molecular flexibility index (Phi) is 6.25. The fourth-order valence-corrected chi connectivity index (χ4v) is 2.73. The Labute approximate surface area is 130 Å². The van der Waals surface area contributed by atoms with Crippen LogP contribution in [0.25, 0.3) is 0 Å². The second-order valence-corrected chi connectivity index (χ2v) is 7.33. The summed E-state index contributed by atoms with van der Waals surface area (Å²) in [6, 6.07) is 8.68. The summed E-state index contributed by atoms with van der Waals surface area (Å²) in [5, 5.41) is 3.55. The van der Waals surface area contributed by atoms with Gasteiger partial charge in [0, 0.05) is 12.1 Å². The van der Waals surface area contributed by atoms with Gasteiger partial charge >= 0.3 is 0 Å². The van der Waals surface area contributed by atoms with Crippen molar-refractivity contribution in [1.82, 2.24) is 5.32 Å². The quantitative estimate of drug-likeness (QED) is 0.719. The van der Waals surface area contributed by atoms with Gasteiger partial charge < -0.3 is 10.1 Å². The Morgan fingerprint density at radius 2 is 1.86 bits per heavy atom. The van der Waals surface area contributed by atoms with Gasteiger partial charge in [-0.05, 0) is 57.2 Å². The van der Waals surface area contributed by atoms with E-state index in [0.29, 0.717) is 0 Å². The molecule has 1 aromatic rings. The summed E-state index contributed by atoms with van der Waals surface area (Å²) in [4.78, 5) is 0. The third kappa shape index (κ3) is 6.19. The highest BCUT2D eigenvalue weighted by molar-refractivity contribution is 5.26. The maximum atomic E-state index is 5.89. The summed E-state index contributed by atoms with van der Waals surface area (Å²) in [6.45, 7) is 9.33. The van der Waals surface area contributed by atoms with E-state index in [1.54, 1.807) is 0 Å². The standard InChI is InChI=1S/C19H31NO/c1-19(2,3)20-13-11-17-9-4-5-10-18(17)15-21-14-12-16-7-6-8-16/h4-5,9-10,16,20H,6-8,11-15H2,1-3H3. The van der Waals surface area contributed by atoms with Crippen LogP contribution >= 0.6 is 0 Å². The minimum atomic E-state index is 0.189. The van der Waals surface area contributed by atoms with Crippen molar-refractivity contribution in [2.75, 3.05) is 13.2 Å². The normalized spacial score (nSPS) is 16.0. The van der Waals surface area contributed by atoms with E-state index in [-0.39, 0.29) is 5.54 Å². The van der Waals surface area contributed by atoms with E-state index in [2.05, 4.69) is 50.4 Å². The zero-order valence-corrected chi connectivity index (χ0v) is 14.0. The second-order valence-electron chi connectivity index (χ2n) is 7.33. The molecule has 2 heteroatoms. The predicted molar refractivity (Wildman–Crippen MR) is 89.5 cm³/mol. The first-order chi connectivity index (χ1) is 10.0. The van der Waals surface area contributed by atoms with Crippen LogP contribution in [0.15, 0.2) is 24.3 Å². The monoisotopic (exact) mass is 289 g/mol. The van der Waals surface area contributed by atoms with Crippen molar-refractivity contribution in [1.29, 1.82) is 0 Å². The van der Waals surface area contributed by atoms with Crippen LogP contribution < -0.4 is 5.32 Å². The van der Waals surface area contributed by atoms with Gasteiger partial charge in [-0.2, -0.15) is 0 Å². The third-order valence-electron chi connectivity index (χ3n) is 4.32. The highest BCUT2D eigenvalue weighted by atomic mass is 16.5. The molecule has 1 aromatic carbocycles. The van der Waals surface area contributed by atoms with Gasteiger partial charge in [-0.25, -0.2) is 0 Å². The average molecular weight is 289 g/mol. The molecule has 0 amide bonds. The Bertz CT molecular complexity index is 418. The van der Waals surface area contributed by atoms with E-state index in [1.807, 2.05) is 0 Å². The smallest absolute Gasteiger partial charge is 0.0719 e. The van der Waals surface area contributed by atoms with Crippen LogP contribution in [-0.2, 0) is 17.8 Å². The molecule has 1 aliphatic rings. The molecule has 0 unspecified atom stereocenters. The molecule has 0 heterocycles. The van der Waals surface area contributed by atoms with Crippen LogP contribution in [0.3, 0.4) is 0 Å². The van der Waals surface area contributed by atoms with Crippen molar-refractivity contribution in [2.45, 2.75) is 65.0 Å². The fourth-order valence-electron chi connectivity index (χ4n) is 2.73. The van der Waals surface area contributed by atoms with Gasteiger partial charge in [0.05, 0.1) is 6.61 Å². The first-order valence-corrected chi connectivity index (χ1v) is 8.44. The van der Waals surface area contributed by atoms with Gasteiger partial charge in [0.1, 0.15) is 0 Å². The lowest BCUT2D eigenvalue weighted by molar-refractivity contribution is 0.0945. The average Bonchev–Trinajstić information content (AvgIpc) is 2.36. The highest BCUT2D eigenvalue weighted by Crippen LogP contribution is 2.29. The molecule has 0 bridgehead atoms.